The molecule has 5 N–H and O–H groups in total. The third-order valence-corrected chi connectivity index (χ3v) is 9.73. The highest BCUT2D eigenvalue weighted by molar-refractivity contribution is 5.93. The lowest BCUT2D eigenvalue weighted by Crippen LogP contribution is -2.35. The zero-order valence-electron chi connectivity index (χ0n) is 30.0. The summed E-state index contributed by atoms with van der Waals surface area (Å²) in [5, 5.41) is 8.20. The number of nitrogens with two attached hydrogens (primary N) is 1. The van der Waals surface area contributed by atoms with Gasteiger partial charge in [-0.25, -0.2) is 4.79 Å². The van der Waals surface area contributed by atoms with Crippen molar-refractivity contribution in [1.82, 2.24) is 16.0 Å². The van der Waals surface area contributed by atoms with Crippen molar-refractivity contribution in [3.63, 3.8) is 0 Å². The van der Waals surface area contributed by atoms with Crippen LogP contribution in [0.2, 0.25) is 0 Å². The number of nitrogens with zero attached hydrogens (tertiary/aromatic N) is 1. The molecule has 3 rings (SSSR count). The molecule has 3 amide bonds. The van der Waals surface area contributed by atoms with Gasteiger partial charge in [0.2, 0.25) is 11.8 Å². The van der Waals surface area contributed by atoms with Crippen LogP contribution in [0, 0.1) is 17.8 Å². The average Bonchev–Trinajstić information content (AvgIpc) is 3.75. The molecule has 4 atom stereocenters. The molecule has 3 aliphatic carbocycles. The molecule has 0 bridgehead atoms. The molecule has 0 aromatic rings. The Hall–Kier alpha value is -3.29. The molecule has 13 nitrogen and oxygen atoms in total. The van der Waals surface area contributed by atoms with Crippen molar-refractivity contribution in [3.8, 4) is 0 Å². The van der Waals surface area contributed by atoms with Crippen LogP contribution in [0.4, 0.5) is 4.79 Å². The van der Waals surface area contributed by atoms with E-state index in [-0.39, 0.29) is 61.8 Å². The van der Waals surface area contributed by atoms with Crippen LogP contribution >= 0.6 is 0 Å². The zero-order valence-corrected chi connectivity index (χ0v) is 30.0. The Morgan fingerprint density at radius 1 is 0.898 bits per heavy atom. The minimum absolute atomic E-state index is 0.113. The summed E-state index contributed by atoms with van der Waals surface area (Å²) in [5.74, 6) is 1.23. The molecule has 0 aromatic heterocycles. The van der Waals surface area contributed by atoms with Crippen LogP contribution in [0.25, 0.3) is 0 Å². The Balaban J connectivity index is 1.16. The fraction of sp³-hybridized carbons (Fsp3) is 0.750. The smallest absolute Gasteiger partial charge is 0.407 e. The second-order valence-electron chi connectivity index (χ2n) is 13.8. The van der Waals surface area contributed by atoms with Gasteiger partial charge in [0.05, 0.1) is 38.1 Å². The number of carbonyl (C=O) groups excluding carboxylic acids is 4. The molecule has 276 valence electrons. The third kappa shape index (κ3) is 15.4. The maximum Gasteiger partial charge on any atom is 0.407 e. The number of alkyl carbamates (subject to hydrolysis) is 1. The van der Waals surface area contributed by atoms with E-state index in [0.29, 0.717) is 50.7 Å². The molecule has 0 radical (unpaired) electrons. The van der Waals surface area contributed by atoms with Gasteiger partial charge in [-0.05, 0) is 101 Å². The molecule has 13 heteroatoms. The van der Waals surface area contributed by atoms with Crippen LogP contribution < -0.4 is 21.7 Å². The fourth-order valence-corrected chi connectivity index (χ4v) is 6.19. The van der Waals surface area contributed by atoms with Gasteiger partial charge in [0.25, 0.3) is 0 Å². The summed E-state index contributed by atoms with van der Waals surface area (Å²) in [6, 6.07) is 0.198. The van der Waals surface area contributed by atoms with Crippen molar-refractivity contribution in [2.75, 3.05) is 59.8 Å². The van der Waals surface area contributed by atoms with Gasteiger partial charge in [-0.1, -0.05) is 6.08 Å². The number of nitrogens with one attached hydrogen (secondary N) is 3. The predicted octanol–water partition coefficient (Wildman–Crippen LogP) is 3.36. The molecule has 0 spiro atoms. The summed E-state index contributed by atoms with van der Waals surface area (Å²) in [6.07, 6.45) is 10.8. The second kappa shape index (κ2) is 21.0. The first-order valence-corrected chi connectivity index (χ1v) is 17.8. The van der Waals surface area contributed by atoms with E-state index < -0.39 is 6.09 Å². The van der Waals surface area contributed by atoms with Crippen LogP contribution in [0.5, 0.6) is 0 Å². The molecule has 4 unspecified atom stereocenters. The largest absolute Gasteiger partial charge is 0.449 e. The van der Waals surface area contributed by atoms with Crippen molar-refractivity contribution in [2.45, 2.75) is 96.6 Å². The van der Waals surface area contributed by atoms with Crippen LogP contribution in [-0.2, 0) is 33.3 Å². The molecule has 1 fully saturated rings. The lowest BCUT2D eigenvalue weighted by atomic mass is 9.93. The summed E-state index contributed by atoms with van der Waals surface area (Å²) in [6.45, 7) is 8.28. The van der Waals surface area contributed by atoms with E-state index in [1.807, 2.05) is 26.1 Å². The van der Waals surface area contributed by atoms with Gasteiger partial charge in [0, 0.05) is 58.1 Å². The topological polar surface area (TPSA) is 180 Å². The average molecular weight is 690 g/mol. The number of hydrogen-bond donors (Lipinski definition) is 4. The van der Waals surface area contributed by atoms with Gasteiger partial charge < -0.3 is 40.6 Å². The molecule has 0 aliphatic heterocycles. The van der Waals surface area contributed by atoms with Crippen molar-refractivity contribution in [2.24, 2.45) is 28.5 Å². The molecule has 0 saturated heterocycles. The number of ketones is 1. The van der Waals surface area contributed by atoms with E-state index >= 15 is 0 Å². The molecule has 3 aliphatic rings. The quantitative estimate of drug-likeness (QED) is 0.104. The van der Waals surface area contributed by atoms with Crippen molar-refractivity contribution >= 4 is 29.9 Å². The van der Waals surface area contributed by atoms with Crippen LogP contribution in [-0.4, -0.2) is 101 Å². The number of Topliss-reactive ketones (excluding diaryl/α,β-unsaturated/α-hetero) is 1. The summed E-state index contributed by atoms with van der Waals surface area (Å²) >= 11 is 0. The van der Waals surface area contributed by atoms with E-state index in [1.54, 1.807) is 14.0 Å². The summed E-state index contributed by atoms with van der Waals surface area (Å²) in [7, 11) is 1.66. The van der Waals surface area contributed by atoms with Crippen LogP contribution in [0.1, 0.15) is 85.0 Å². The normalized spacial score (nSPS) is 22.4. The van der Waals surface area contributed by atoms with Gasteiger partial charge in [-0.15, -0.1) is 0 Å². The summed E-state index contributed by atoms with van der Waals surface area (Å²) in [4.78, 5) is 52.5. The molecule has 0 heterocycles. The first-order chi connectivity index (χ1) is 23.5. The van der Waals surface area contributed by atoms with Gasteiger partial charge in [-0.3, -0.25) is 19.4 Å². The molecule has 0 aromatic carbocycles. The minimum atomic E-state index is -0.486. The second-order valence-corrected chi connectivity index (χ2v) is 13.8. The monoisotopic (exact) mass is 689 g/mol. The molecule has 1 saturated carbocycles. The summed E-state index contributed by atoms with van der Waals surface area (Å²) in [5.41, 5.74) is 9.11. The molecular formula is C36H59N5O8. The molecule has 49 heavy (non-hydrogen) atoms. The number of hydrogen-bond acceptors (Lipinski definition) is 10. The van der Waals surface area contributed by atoms with Gasteiger partial charge >= 0.3 is 6.09 Å². The zero-order chi connectivity index (χ0) is 35.6. The van der Waals surface area contributed by atoms with Crippen molar-refractivity contribution in [1.29, 1.82) is 0 Å². The van der Waals surface area contributed by atoms with Gasteiger partial charge in [0.1, 0.15) is 0 Å². The van der Waals surface area contributed by atoms with E-state index in [2.05, 4.69) is 16.0 Å². The molecular weight excluding hydrogens is 630 g/mol. The number of ether oxygens (including phenoxy) is 4. The van der Waals surface area contributed by atoms with E-state index in [4.69, 9.17) is 29.7 Å². The minimum Gasteiger partial charge on any atom is -0.449 e. The number of carbonyl (C=O) groups is 4. The Kier molecular flexibility index (Phi) is 17.2. The maximum atomic E-state index is 12.2. The highest BCUT2D eigenvalue weighted by Crippen LogP contribution is 2.53. The Morgan fingerprint density at radius 2 is 1.55 bits per heavy atom. The van der Waals surface area contributed by atoms with Gasteiger partial charge in [0.15, 0.2) is 5.78 Å². The maximum absolute atomic E-state index is 12.2. The number of amides is 3. The standard InChI is InChI=1S/C36H59N5O8/c1-25(42)26-5-8-28(9-6-26)41-23-27-7-10-29-30(11-12-32(27)37)31(29)24-49-35(45)40-17-16-38-33(43)14-20-48-22-18-39-34(44)13-19-47-21-15-36(2,3)46-4/h5,23,28-31H,6-22,24,37H2,1-4H3,(H,38,43)(H,39,44)(H,40,45). The highest BCUT2D eigenvalue weighted by atomic mass is 16.5. The fourth-order valence-electron chi connectivity index (χ4n) is 6.19. The number of methoxy groups -OCH3 is 1. The highest BCUT2D eigenvalue weighted by Gasteiger charge is 2.50. The Labute approximate surface area is 291 Å². The van der Waals surface area contributed by atoms with Crippen molar-refractivity contribution < 1.29 is 38.1 Å². The van der Waals surface area contributed by atoms with Crippen LogP contribution in [0.15, 0.2) is 27.9 Å². The Bertz CT molecular complexity index is 1200. The van der Waals surface area contributed by atoms with Crippen molar-refractivity contribution in [3.05, 3.63) is 22.9 Å². The lowest BCUT2D eigenvalue weighted by Gasteiger charge is -2.22. The predicted molar refractivity (Wildman–Crippen MR) is 187 cm³/mol. The van der Waals surface area contributed by atoms with E-state index in [1.165, 1.54) is 0 Å². The van der Waals surface area contributed by atoms with E-state index in [0.717, 1.165) is 68.2 Å². The number of fused-ring (bicyclic) bond motifs is 1. The van der Waals surface area contributed by atoms with Gasteiger partial charge in [-0.2, -0.15) is 0 Å². The Morgan fingerprint density at radius 3 is 2.20 bits per heavy atom. The lowest BCUT2D eigenvalue weighted by molar-refractivity contribution is -0.124. The number of rotatable bonds is 21. The third-order valence-electron chi connectivity index (χ3n) is 9.73. The van der Waals surface area contributed by atoms with E-state index in [9.17, 15) is 19.2 Å². The number of allylic oxidation sites excluding steroid dienone is 3. The number of aliphatic imine (C=N–C) groups is 1. The first kappa shape index (κ1) is 40.1. The first-order valence-electron chi connectivity index (χ1n) is 17.8. The summed E-state index contributed by atoms with van der Waals surface area (Å²) < 4.78 is 21.7. The SMILES string of the molecule is COC(C)(C)CCOCCC(=O)NCCOCCC(=O)NCCNC(=O)OCC1C2CCC(N)=C(C=NC3CC=C(C(C)=O)CC3)CCC21. The van der Waals surface area contributed by atoms with Crippen LogP contribution in [0.3, 0.4) is 0 Å².